The molecule has 1 aliphatic heterocycles. The molecule has 1 aromatic heterocycles. The molecule has 8 heteroatoms. The van der Waals surface area contributed by atoms with Gasteiger partial charge in [0.2, 0.25) is 11.8 Å². The van der Waals surface area contributed by atoms with Crippen molar-refractivity contribution in [3.63, 3.8) is 0 Å². The zero-order chi connectivity index (χ0) is 18.5. The highest BCUT2D eigenvalue weighted by Crippen LogP contribution is 2.30. The van der Waals surface area contributed by atoms with E-state index in [1.165, 1.54) is 18.5 Å². The minimum atomic E-state index is -0.404. The molecule has 1 fully saturated rings. The predicted octanol–water partition coefficient (Wildman–Crippen LogP) is 2.15. The van der Waals surface area contributed by atoms with Crippen molar-refractivity contribution in [2.24, 2.45) is 5.92 Å². The van der Waals surface area contributed by atoms with Crippen LogP contribution in [0.25, 0.3) is 11.3 Å². The first-order valence-corrected chi connectivity index (χ1v) is 8.39. The van der Waals surface area contributed by atoms with Crippen LogP contribution in [0.2, 0.25) is 0 Å². The summed E-state index contributed by atoms with van der Waals surface area (Å²) in [5.74, 6) is -0.242. The number of amides is 2. The van der Waals surface area contributed by atoms with Crippen LogP contribution in [0.3, 0.4) is 0 Å². The van der Waals surface area contributed by atoms with Crippen molar-refractivity contribution in [1.29, 1.82) is 0 Å². The molecule has 2 aromatic rings. The van der Waals surface area contributed by atoms with Gasteiger partial charge < -0.3 is 15.4 Å². The number of hydrogen-bond acceptors (Lipinski definition) is 5. The lowest BCUT2D eigenvalue weighted by Gasteiger charge is -2.21. The van der Waals surface area contributed by atoms with Gasteiger partial charge in [0.25, 0.3) is 0 Å². The highest BCUT2D eigenvalue weighted by Gasteiger charge is 2.24. The third kappa shape index (κ3) is 4.14. The molecule has 0 saturated carbocycles. The third-order valence-electron chi connectivity index (χ3n) is 4.07. The van der Waals surface area contributed by atoms with Gasteiger partial charge in [0, 0.05) is 30.7 Å². The molecule has 2 heterocycles. The van der Waals surface area contributed by atoms with Crippen LogP contribution in [-0.2, 0) is 9.59 Å². The van der Waals surface area contributed by atoms with Gasteiger partial charge in [0.15, 0.2) is 0 Å². The van der Waals surface area contributed by atoms with E-state index in [9.17, 15) is 14.0 Å². The maximum atomic E-state index is 13.5. The number of piperidine rings is 1. The number of nitrogens with zero attached hydrogens (tertiary/aromatic N) is 2. The highest BCUT2D eigenvalue weighted by atomic mass is 19.1. The van der Waals surface area contributed by atoms with Crippen molar-refractivity contribution < 1.29 is 18.7 Å². The van der Waals surface area contributed by atoms with Gasteiger partial charge in [0.05, 0.1) is 18.2 Å². The number of anilines is 1. The summed E-state index contributed by atoms with van der Waals surface area (Å²) < 4.78 is 18.9. The number of carbonyl (C=O) groups is 2. The normalized spacial score (nSPS) is 16.7. The molecule has 26 heavy (non-hydrogen) atoms. The fourth-order valence-corrected chi connectivity index (χ4v) is 2.74. The first-order valence-electron chi connectivity index (χ1n) is 8.39. The number of aromatic nitrogens is 2. The van der Waals surface area contributed by atoms with Crippen LogP contribution < -0.4 is 15.4 Å². The van der Waals surface area contributed by atoms with E-state index in [0.29, 0.717) is 48.8 Å². The van der Waals surface area contributed by atoms with Crippen LogP contribution in [-0.4, -0.2) is 34.9 Å². The molecule has 136 valence electrons. The first-order chi connectivity index (χ1) is 12.6. The number of hydrogen-bond donors (Lipinski definition) is 2. The summed E-state index contributed by atoms with van der Waals surface area (Å²) in [5, 5.41) is 5.42. The molecular weight excluding hydrogens is 339 g/mol. The summed E-state index contributed by atoms with van der Waals surface area (Å²) in [6.07, 6.45) is 2.16. The monoisotopic (exact) mass is 358 g/mol. The van der Waals surface area contributed by atoms with E-state index < -0.39 is 5.82 Å². The summed E-state index contributed by atoms with van der Waals surface area (Å²) in [6.45, 7) is 2.51. The van der Waals surface area contributed by atoms with Crippen molar-refractivity contribution in [1.82, 2.24) is 15.3 Å². The standard InChI is InChI=1S/C18H19FN4O3/c1-2-26-15-7-12(19)4-5-13(15)14-8-16(22-10-21-14)23-18(25)11-3-6-17(24)20-9-11/h4-5,7-8,10-11H,2-3,6,9H2,1H3,(H,20,24)(H,21,22,23,25). The van der Waals surface area contributed by atoms with Crippen LogP contribution in [0.4, 0.5) is 10.2 Å². The molecule has 0 bridgehead atoms. The Hall–Kier alpha value is -3.03. The Morgan fingerprint density at radius 2 is 2.23 bits per heavy atom. The van der Waals surface area contributed by atoms with Crippen molar-refractivity contribution >= 4 is 17.6 Å². The fraction of sp³-hybridized carbons (Fsp3) is 0.333. The van der Waals surface area contributed by atoms with Crippen molar-refractivity contribution in [2.75, 3.05) is 18.5 Å². The molecule has 1 aliphatic rings. The molecule has 1 saturated heterocycles. The zero-order valence-electron chi connectivity index (χ0n) is 14.3. The van der Waals surface area contributed by atoms with E-state index in [1.807, 2.05) is 6.92 Å². The average molecular weight is 358 g/mol. The number of rotatable bonds is 5. The largest absolute Gasteiger partial charge is 0.493 e. The molecule has 2 amide bonds. The van der Waals surface area contributed by atoms with Gasteiger partial charge in [-0.25, -0.2) is 14.4 Å². The van der Waals surface area contributed by atoms with Crippen LogP contribution in [0.1, 0.15) is 19.8 Å². The molecule has 2 N–H and O–H groups in total. The molecule has 1 unspecified atom stereocenters. The Labute approximate surface area is 150 Å². The predicted molar refractivity (Wildman–Crippen MR) is 93.0 cm³/mol. The van der Waals surface area contributed by atoms with Gasteiger partial charge in [-0.2, -0.15) is 0 Å². The lowest BCUT2D eigenvalue weighted by atomic mass is 9.98. The summed E-state index contributed by atoms with van der Waals surface area (Å²) >= 11 is 0. The lowest BCUT2D eigenvalue weighted by molar-refractivity contribution is -0.126. The summed E-state index contributed by atoms with van der Waals surface area (Å²) in [7, 11) is 0. The van der Waals surface area contributed by atoms with Crippen LogP contribution >= 0.6 is 0 Å². The quantitative estimate of drug-likeness (QED) is 0.854. The summed E-state index contributed by atoms with van der Waals surface area (Å²) in [4.78, 5) is 31.8. The smallest absolute Gasteiger partial charge is 0.230 e. The highest BCUT2D eigenvalue weighted by molar-refractivity contribution is 5.93. The van der Waals surface area contributed by atoms with Crippen molar-refractivity contribution in [2.45, 2.75) is 19.8 Å². The minimum Gasteiger partial charge on any atom is -0.493 e. The second-order valence-electron chi connectivity index (χ2n) is 5.89. The van der Waals surface area contributed by atoms with E-state index in [-0.39, 0.29) is 17.7 Å². The molecular formula is C18H19FN4O3. The molecule has 0 spiro atoms. The molecule has 1 aromatic carbocycles. The maximum absolute atomic E-state index is 13.5. The number of ether oxygens (including phenoxy) is 1. The Morgan fingerprint density at radius 1 is 1.38 bits per heavy atom. The Balaban J connectivity index is 1.78. The second kappa shape index (κ2) is 7.90. The van der Waals surface area contributed by atoms with Gasteiger partial charge in [0.1, 0.15) is 23.7 Å². The van der Waals surface area contributed by atoms with Crippen molar-refractivity contribution in [3.8, 4) is 17.0 Å². The lowest BCUT2D eigenvalue weighted by Crippen LogP contribution is -2.40. The Kier molecular flexibility index (Phi) is 5.40. The molecule has 1 atom stereocenters. The van der Waals surface area contributed by atoms with E-state index in [2.05, 4.69) is 20.6 Å². The zero-order valence-corrected chi connectivity index (χ0v) is 14.3. The van der Waals surface area contributed by atoms with Crippen LogP contribution in [0, 0.1) is 11.7 Å². The third-order valence-corrected chi connectivity index (χ3v) is 4.07. The van der Waals surface area contributed by atoms with Gasteiger partial charge in [-0.05, 0) is 25.5 Å². The SMILES string of the molecule is CCOc1cc(F)ccc1-c1cc(NC(=O)C2CCC(=O)NC2)ncn1. The van der Waals surface area contributed by atoms with Crippen LogP contribution in [0.5, 0.6) is 5.75 Å². The topological polar surface area (TPSA) is 93.2 Å². The van der Waals surface area contributed by atoms with Crippen molar-refractivity contribution in [3.05, 3.63) is 36.4 Å². The van der Waals surface area contributed by atoms with E-state index >= 15 is 0 Å². The average Bonchev–Trinajstić information content (AvgIpc) is 2.63. The van der Waals surface area contributed by atoms with E-state index in [0.717, 1.165) is 0 Å². The fourth-order valence-electron chi connectivity index (χ4n) is 2.74. The van der Waals surface area contributed by atoms with Gasteiger partial charge in [-0.3, -0.25) is 9.59 Å². The van der Waals surface area contributed by atoms with Gasteiger partial charge in [-0.15, -0.1) is 0 Å². The van der Waals surface area contributed by atoms with E-state index in [1.54, 1.807) is 12.1 Å². The molecule has 3 rings (SSSR count). The number of nitrogens with one attached hydrogen (secondary N) is 2. The summed E-state index contributed by atoms with van der Waals surface area (Å²) in [6, 6.07) is 5.80. The number of halogens is 1. The Bertz CT molecular complexity index is 818. The Morgan fingerprint density at radius 3 is 2.96 bits per heavy atom. The van der Waals surface area contributed by atoms with E-state index in [4.69, 9.17) is 4.74 Å². The van der Waals surface area contributed by atoms with Gasteiger partial charge in [-0.1, -0.05) is 0 Å². The number of benzene rings is 1. The maximum Gasteiger partial charge on any atom is 0.230 e. The molecule has 7 nitrogen and oxygen atoms in total. The van der Waals surface area contributed by atoms with Crippen LogP contribution in [0.15, 0.2) is 30.6 Å². The van der Waals surface area contributed by atoms with Gasteiger partial charge >= 0.3 is 0 Å². The molecule has 0 aliphatic carbocycles. The second-order valence-corrected chi connectivity index (χ2v) is 5.89. The molecule has 0 radical (unpaired) electrons. The summed E-state index contributed by atoms with van der Waals surface area (Å²) in [5.41, 5.74) is 1.12. The number of carbonyl (C=O) groups excluding carboxylic acids is 2. The first kappa shape index (κ1) is 17.8. The minimum absolute atomic E-state index is 0.0434.